The third kappa shape index (κ3) is 3.57. The summed E-state index contributed by atoms with van der Waals surface area (Å²) in [5, 5.41) is 20.3. The molecule has 1 amide bonds. The van der Waals surface area contributed by atoms with Crippen LogP contribution < -0.4 is 5.32 Å². The molecule has 0 saturated heterocycles. The van der Waals surface area contributed by atoms with E-state index in [1.165, 1.54) is 29.0 Å². The number of halogens is 1. The number of rotatable bonds is 5. The van der Waals surface area contributed by atoms with Crippen LogP contribution in [-0.2, 0) is 4.79 Å². The number of phenols is 1. The normalized spacial score (nSPS) is 12.6. The Morgan fingerprint density at radius 2 is 1.92 bits per heavy atom. The third-order valence-electron chi connectivity index (χ3n) is 4.33. The molecule has 0 aliphatic heterocycles. The van der Waals surface area contributed by atoms with Crippen molar-refractivity contribution < 1.29 is 14.3 Å². The van der Waals surface area contributed by atoms with Gasteiger partial charge in [-0.2, -0.15) is 0 Å². The highest BCUT2D eigenvalue weighted by molar-refractivity contribution is 7.13. The summed E-state index contributed by atoms with van der Waals surface area (Å²) in [5.74, 6) is -1.82. The van der Waals surface area contributed by atoms with Gasteiger partial charge in [0.05, 0.1) is 5.41 Å². The van der Waals surface area contributed by atoms with Crippen molar-refractivity contribution >= 4 is 22.4 Å². The lowest BCUT2D eigenvalue weighted by Crippen LogP contribution is -2.37. The second-order valence-electron chi connectivity index (χ2n) is 6.47. The Morgan fingerprint density at radius 3 is 2.54 bits per heavy atom. The van der Waals surface area contributed by atoms with E-state index < -0.39 is 22.9 Å². The number of nitrogens with one attached hydrogen (secondary N) is 1. The molecule has 2 aromatic carbocycles. The number of benzene rings is 2. The minimum atomic E-state index is -0.920. The third-order valence-corrected chi connectivity index (χ3v) is 4.93. The quantitative estimate of drug-likeness (QED) is 0.705. The van der Waals surface area contributed by atoms with Crippen LogP contribution in [-0.4, -0.2) is 21.2 Å². The standard InChI is InChI=1S/C19H18FN3O2S/c1-19(2,17(25)22-18-23-21-11-26-18)16(12-6-4-3-5-7-12)13-8-9-15(24)14(20)10-13/h3-11,16,24H,1-2H3,(H,22,23,25). The van der Waals surface area contributed by atoms with E-state index in [2.05, 4.69) is 15.5 Å². The number of amides is 1. The fourth-order valence-electron chi connectivity index (χ4n) is 2.99. The number of hydrogen-bond donors (Lipinski definition) is 2. The Bertz CT molecular complexity index is 898. The van der Waals surface area contributed by atoms with E-state index >= 15 is 0 Å². The first-order valence-electron chi connectivity index (χ1n) is 8.00. The number of phenolic OH excluding ortho intramolecular Hbond substituents is 1. The molecule has 1 heterocycles. The van der Waals surface area contributed by atoms with E-state index in [0.717, 1.165) is 5.56 Å². The van der Waals surface area contributed by atoms with E-state index in [4.69, 9.17) is 0 Å². The molecule has 5 nitrogen and oxygen atoms in total. The van der Waals surface area contributed by atoms with E-state index in [1.54, 1.807) is 19.9 Å². The maximum Gasteiger partial charge on any atom is 0.232 e. The molecule has 1 aromatic heterocycles. The highest BCUT2D eigenvalue weighted by Crippen LogP contribution is 2.42. The first-order chi connectivity index (χ1) is 12.4. The molecule has 0 radical (unpaired) electrons. The molecule has 1 atom stereocenters. The van der Waals surface area contributed by atoms with Gasteiger partial charge in [0.1, 0.15) is 5.51 Å². The van der Waals surface area contributed by atoms with Crippen LogP contribution >= 0.6 is 11.3 Å². The Labute approximate surface area is 154 Å². The molecule has 3 aromatic rings. The lowest BCUT2D eigenvalue weighted by Gasteiger charge is -2.33. The van der Waals surface area contributed by atoms with Gasteiger partial charge in [-0.25, -0.2) is 4.39 Å². The molecule has 0 aliphatic rings. The average molecular weight is 371 g/mol. The summed E-state index contributed by atoms with van der Waals surface area (Å²) in [6.07, 6.45) is 0. The number of hydrogen-bond acceptors (Lipinski definition) is 5. The summed E-state index contributed by atoms with van der Waals surface area (Å²) in [6, 6.07) is 13.6. The summed E-state index contributed by atoms with van der Waals surface area (Å²) in [4.78, 5) is 13.0. The van der Waals surface area contributed by atoms with Crippen molar-refractivity contribution in [2.75, 3.05) is 5.32 Å². The van der Waals surface area contributed by atoms with Crippen molar-refractivity contribution in [3.05, 3.63) is 71.0 Å². The van der Waals surface area contributed by atoms with E-state index in [9.17, 15) is 14.3 Å². The predicted octanol–water partition coefficient (Wildman–Crippen LogP) is 4.18. The maximum absolute atomic E-state index is 14.0. The lowest BCUT2D eigenvalue weighted by molar-refractivity contribution is -0.124. The van der Waals surface area contributed by atoms with Crippen LogP contribution in [0.4, 0.5) is 9.52 Å². The predicted molar refractivity (Wildman–Crippen MR) is 98.7 cm³/mol. The molecule has 0 bridgehead atoms. The highest BCUT2D eigenvalue weighted by atomic mass is 32.1. The van der Waals surface area contributed by atoms with Gasteiger partial charge in [0.25, 0.3) is 0 Å². The Hall–Kier alpha value is -2.80. The zero-order valence-electron chi connectivity index (χ0n) is 14.3. The first-order valence-corrected chi connectivity index (χ1v) is 8.88. The largest absolute Gasteiger partial charge is 0.505 e. The lowest BCUT2D eigenvalue weighted by atomic mass is 9.70. The van der Waals surface area contributed by atoms with Crippen LogP contribution in [0.15, 0.2) is 54.0 Å². The molecule has 0 fully saturated rings. The molecule has 7 heteroatoms. The molecule has 26 heavy (non-hydrogen) atoms. The van der Waals surface area contributed by atoms with Gasteiger partial charge in [0.15, 0.2) is 11.6 Å². The van der Waals surface area contributed by atoms with Crippen molar-refractivity contribution in [2.45, 2.75) is 19.8 Å². The summed E-state index contributed by atoms with van der Waals surface area (Å²) in [6.45, 7) is 3.59. The molecule has 134 valence electrons. The topological polar surface area (TPSA) is 75.1 Å². The smallest absolute Gasteiger partial charge is 0.232 e. The summed E-state index contributed by atoms with van der Waals surface area (Å²) >= 11 is 1.23. The molecule has 0 saturated carbocycles. The zero-order chi connectivity index (χ0) is 18.7. The monoisotopic (exact) mass is 371 g/mol. The Morgan fingerprint density at radius 1 is 1.19 bits per heavy atom. The number of carbonyl (C=O) groups is 1. The van der Waals surface area contributed by atoms with Gasteiger partial charge in [-0.05, 0) is 23.3 Å². The highest BCUT2D eigenvalue weighted by Gasteiger charge is 2.39. The molecule has 1 unspecified atom stereocenters. The number of nitrogens with zero attached hydrogens (tertiary/aromatic N) is 2. The summed E-state index contributed by atoms with van der Waals surface area (Å²) in [5.41, 5.74) is 2.09. The minimum absolute atomic E-state index is 0.253. The van der Waals surface area contributed by atoms with E-state index in [-0.39, 0.29) is 5.91 Å². The number of aromatic hydroxyl groups is 1. The van der Waals surface area contributed by atoms with Gasteiger partial charge in [-0.15, -0.1) is 10.2 Å². The van der Waals surface area contributed by atoms with Crippen molar-refractivity contribution in [1.29, 1.82) is 0 Å². The number of anilines is 1. The zero-order valence-corrected chi connectivity index (χ0v) is 15.1. The minimum Gasteiger partial charge on any atom is -0.505 e. The van der Waals surface area contributed by atoms with Crippen LogP contribution in [0.25, 0.3) is 0 Å². The fraction of sp³-hybridized carbons (Fsp3) is 0.211. The molecule has 0 aliphatic carbocycles. The van der Waals surface area contributed by atoms with Crippen LogP contribution in [0, 0.1) is 11.2 Å². The van der Waals surface area contributed by atoms with E-state index in [1.807, 2.05) is 30.3 Å². The molecular formula is C19H18FN3O2S. The Kier molecular flexibility index (Phi) is 4.99. The van der Waals surface area contributed by atoms with Crippen molar-refractivity contribution in [3.8, 4) is 5.75 Å². The summed E-state index contributed by atoms with van der Waals surface area (Å²) in [7, 11) is 0. The molecule has 3 rings (SSSR count). The van der Waals surface area contributed by atoms with Gasteiger partial charge < -0.3 is 10.4 Å². The first kappa shape index (κ1) is 18.0. The van der Waals surface area contributed by atoms with Crippen molar-refractivity contribution in [2.24, 2.45) is 5.41 Å². The van der Waals surface area contributed by atoms with Crippen molar-refractivity contribution in [1.82, 2.24) is 10.2 Å². The number of carbonyl (C=O) groups excluding carboxylic acids is 1. The SMILES string of the molecule is CC(C)(C(=O)Nc1nncs1)C(c1ccccc1)c1ccc(O)c(F)c1. The Balaban J connectivity index is 2.04. The van der Waals surface area contributed by atoms with Gasteiger partial charge in [-0.3, -0.25) is 4.79 Å². The van der Waals surface area contributed by atoms with Crippen LogP contribution in [0.3, 0.4) is 0 Å². The van der Waals surface area contributed by atoms with Gasteiger partial charge in [0, 0.05) is 5.92 Å². The van der Waals surface area contributed by atoms with Crippen LogP contribution in [0.1, 0.15) is 30.9 Å². The van der Waals surface area contributed by atoms with Crippen LogP contribution in [0.5, 0.6) is 5.75 Å². The number of aromatic nitrogens is 2. The van der Waals surface area contributed by atoms with Gasteiger partial charge in [-0.1, -0.05) is 61.6 Å². The average Bonchev–Trinajstić information content (AvgIpc) is 3.12. The molecular weight excluding hydrogens is 353 g/mol. The second kappa shape index (κ2) is 7.21. The second-order valence-corrected chi connectivity index (χ2v) is 7.31. The van der Waals surface area contributed by atoms with Crippen molar-refractivity contribution in [3.63, 3.8) is 0 Å². The summed E-state index contributed by atoms with van der Waals surface area (Å²) < 4.78 is 14.0. The van der Waals surface area contributed by atoms with Crippen LogP contribution in [0.2, 0.25) is 0 Å². The van der Waals surface area contributed by atoms with Gasteiger partial charge >= 0.3 is 0 Å². The molecule has 2 N–H and O–H groups in total. The molecule has 0 spiro atoms. The maximum atomic E-state index is 14.0. The van der Waals surface area contributed by atoms with Gasteiger partial charge in [0.2, 0.25) is 11.0 Å². The van der Waals surface area contributed by atoms with E-state index in [0.29, 0.717) is 10.7 Å². The fourth-order valence-corrected chi connectivity index (χ4v) is 3.43.